The van der Waals surface area contributed by atoms with Gasteiger partial charge in [0.15, 0.2) is 0 Å². The van der Waals surface area contributed by atoms with Crippen molar-refractivity contribution < 1.29 is 4.79 Å². The highest BCUT2D eigenvalue weighted by molar-refractivity contribution is 5.87. The molecule has 0 bridgehead atoms. The summed E-state index contributed by atoms with van der Waals surface area (Å²) in [5.74, 6) is 0.336. The Morgan fingerprint density at radius 1 is 1.26 bits per heavy atom. The van der Waals surface area contributed by atoms with Crippen molar-refractivity contribution in [3.05, 3.63) is 30.0 Å². The molecule has 5 heteroatoms. The SMILES string of the molecule is CN(C)C1CCC(Cn2nc(CC(N)=O)c3ccccc32)CC1. The molecular formula is C18H26N4O. The third-order valence-electron chi connectivity index (χ3n) is 5.05. The third-order valence-corrected chi connectivity index (χ3v) is 5.05. The average molecular weight is 314 g/mol. The van der Waals surface area contributed by atoms with E-state index in [1.165, 1.54) is 25.7 Å². The summed E-state index contributed by atoms with van der Waals surface area (Å²) in [6, 6.07) is 8.84. The van der Waals surface area contributed by atoms with E-state index in [9.17, 15) is 4.79 Å². The van der Waals surface area contributed by atoms with E-state index in [0.717, 1.165) is 23.1 Å². The van der Waals surface area contributed by atoms with Crippen LogP contribution in [0.2, 0.25) is 0 Å². The summed E-state index contributed by atoms with van der Waals surface area (Å²) in [6.45, 7) is 0.930. The van der Waals surface area contributed by atoms with Crippen molar-refractivity contribution in [2.24, 2.45) is 11.7 Å². The third kappa shape index (κ3) is 3.55. The number of amides is 1. The standard InChI is InChI=1S/C18H26N4O/c1-21(2)14-9-7-13(8-10-14)12-22-17-6-4-3-5-15(17)16(20-22)11-18(19)23/h3-6,13-14H,7-12H2,1-2H3,(H2,19,23). The minimum atomic E-state index is -0.327. The number of para-hydroxylation sites is 1. The van der Waals surface area contributed by atoms with Gasteiger partial charge in [-0.2, -0.15) is 5.10 Å². The van der Waals surface area contributed by atoms with Gasteiger partial charge in [-0.05, 0) is 51.8 Å². The number of hydrogen-bond acceptors (Lipinski definition) is 3. The van der Waals surface area contributed by atoms with Gasteiger partial charge in [-0.15, -0.1) is 0 Å². The molecule has 2 N–H and O–H groups in total. The zero-order chi connectivity index (χ0) is 16.4. The summed E-state index contributed by atoms with van der Waals surface area (Å²) in [5.41, 5.74) is 7.27. The molecule has 0 unspecified atom stereocenters. The number of rotatable bonds is 5. The van der Waals surface area contributed by atoms with Gasteiger partial charge in [-0.25, -0.2) is 0 Å². The fourth-order valence-electron chi connectivity index (χ4n) is 3.72. The van der Waals surface area contributed by atoms with Crippen LogP contribution in [0.25, 0.3) is 10.9 Å². The molecule has 1 fully saturated rings. The maximum absolute atomic E-state index is 11.3. The van der Waals surface area contributed by atoms with Gasteiger partial charge in [-0.3, -0.25) is 9.48 Å². The number of hydrogen-bond donors (Lipinski definition) is 1. The lowest BCUT2D eigenvalue weighted by molar-refractivity contribution is -0.117. The van der Waals surface area contributed by atoms with Crippen LogP contribution in [0.5, 0.6) is 0 Å². The number of aromatic nitrogens is 2. The van der Waals surface area contributed by atoms with Gasteiger partial charge in [0.1, 0.15) is 0 Å². The normalized spacial score (nSPS) is 21.9. The Hall–Kier alpha value is -1.88. The minimum absolute atomic E-state index is 0.209. The van der Waals surface area contributed by atoms with E-state index >= 15 is 0 Å². The zero-order valence-electron chi connectivity index (χ0n) is 14.0. The van der Waals surface area contributed by atoms with Gasteiger partial charge < -0.3 is 10.6 Å². The van der Waals surface area contributed by atoms with E-state index in [4.69, 9.17) is 5.73 Å². The molecule has 1 saturated carbocycles. The van der Waals surface area contributed by atoms with Crippen LogP contribution in [0.4, 0.5) is 0 Å². The second kappa shape index (κ2) is 6.71. The Bertz CT molecular complexity index is 683. The molecule has 0 atom stereocenters. The topological polar surface area (TPSA) is 64.2 Å². The van der Waals surface area contributed by atoms with Crippen LogP contribution in [0.15, 0.2) is 24.3 Å². The second-order valence-electron chi connectivity index (χ2n) is 6.93. The van der Waals surface area contributed by atoms with Crippen LogP contribution >= 0.6 is 0 Å². The quantitative estimate of drug-likeness (QED) is 0.920. The van der Waals surface area contributed by atoms with Crippen LogP contribution in [0.3, 0.4) is 0 Å². The number of primary amides is 1. The van der Waals surface area contributed by atoms with Crippen LogP contribution in [-0.2, 0) is 17.8 Å². The summed E-state index contributed by atoms with van der Waals surface area (Å²) in [6.07, 6.45) is 5.20. The lowest BCUT2D eigenvalue weighted by Crippen LogP contribution is -2.33. The van der Waals surface area contributed by atoms with E-state index in [1.54, 1.807) is 0 Å². The summed E-state index contributed by atoms with van der Waals surface area (Å²) < 4.78 is 2.08. The summed E-state index contributed by atoms with van der Waals surface area (Å²) in [4.78, 5) is 13.6. The van der Waals surface area contributed by atoms with Crippen LogP contribution in [-0.4, -0.2) is 40.7 Å². The highest BCUT2D eigenvalue weighted by atomic mass is 16.1. The number of carbonyl (C=O) groups is 1. The van der Waals surface area contributed by atoms with Crippen molar-refractivity contribution in [3.8, 4) is 0 Å². The molecular weight excluding hydrogens is 288 g/mol. The van der Waals surface area contributed by atoms with Crippen molar-refractivity contribution in [2.75, 3.05) is 14.1 Å². The summed E-state index contributed by atoms with van der Waals surface area (Å²) in [5, 5.41) is 5.73. The molecule has 0 spiro atoms. The van der Waals surface area contributed by atoms with E-state index in [1.807, 2.05) is 18.2 Å². The van der Waals surface area contributed by atoms with Crippen molar-refractivity contribution in [2.45, 2.75) is 44.7 Å². The van der Waals surface area contributed by atoms with E-state index in [2.05, 4.69) is 34.8 Å². The van der Waals surface area contributed by atoms with Gasteiger partial charge in [-0.1, -0.05) is 18.2 Å². The predicted molar refractivity (Wildman–Crippen MR) is 92.1 cm³/mol. The van der Waals surface area contributed by atoms with E-state index in [0.29, 0.717) is 12.0 Å². The van der Waals surface area contributed by atoms with Crippen LogP contribution < -0.4 is 5.73 Å². The maximum atomic E-state index is 11.3. The smallest absolute Gasteiger partial charge is 0.223 e. The van der Waals surface area contributed by atoms with Crippen molar-refractivity contribution in [3.63, 3.8) is 0 Å². The number of carbonyl (C=O) groups excluding carboxylic acids is 1. The molecule has 1 aliphatic carbocycles. The molecule has 124 valence electrons. The average Bonchev–Trinajstić information content (AvgIpc) is 2.85. The summed E-state index contributed by atoms with van der Waals surface area (Å²) >= 11 is 0. The van der Waals surface area contributed by atoms with E-state index < -0.39 is 0 Å². The number of nitrogens with two attached hydrogens (primary N) is 1. The van der Waals surface area contributed by atoms with Crippen molar-refractivity contribution in [1.82, 2.24) is 14.7 Å². The lowest BCUT2D eigenvalue weighted by Gasteiger charge is -2.32. The highest BCUT2D eigenvalue weighted by Crippen LogP contribution is 2.29. The molecule has 1 amide bonds. The Kier molecular flexibility index (Phi) is 4.66. The second-order valence-corrected chi connectivity index (χ2v) is 6.93. The number of nitrogens with zero attached hydrogens (tertiary/aromatic N) is 3. The largest absolute Gasteiger partial charge is 0.369 e. The Balaban J connectivity index is 1.77. The van der Waals surface area contributed by atoms with Crippen molar-refractivity contribution in [1.29, 1.82) is 0 Å². The maximum Gasteiger partial charge on any atom is 0.223 e. The Morgan fingerprint density at radius 3 is 2.61 bits per heavy atom. The first kappa shape index (κ1) is 16.0. The van der Waals surface area contributed by atoms with Gasteiger partial charge in [0.2, 0.25) is 5.91 Å². The molecule has 2 aromatic rings. The molecule has 1 aliphatic rings. The number of benzene rings is 1. The molecule has 5 nitrogen and oxygen atoms in total. The lowest BCUT2D eigenvalue weighted by atomic mass is 9.85. The zero-order valence-corrected chi connectivity index (χ0v) is 14.0. The van der Waals surface area contributed by atoms with Gasteiger partial charge in [0.25, 0.3) is 0 Å². The fraction of sp³-hybridized carbons (Fsp3) is 0.556. The van der Waals surface area contributed by atoms with Crippen LogP contribution in [0.1, 0.15) is 31.4 Å². The first-order valence-corrected chi connectivity index (χ1v) is 8.43. The molecule has 1 aromatic carbocycles. The van der Waals surface area contributed by atoms with Gasteiger partial charge in [0, 0.05) is 18.0 Å². The molecule has 1 heterocycles. The molecule has 3 rings (SSSR count). The highest BCUT2D eigenvalue weighted by Gasteiger charge is 2.23. The number of fused-ring (bicyclic) bond motifs is 1. The minimum Gasteiger partial charge on any atom is -0.369 e. The van der Waals surface area contributed by atoms with Crippen molar-refractivity contribution >= 4 is 16.8 Å². The van der Waals surface area contributed by atoms with E-state index in [-0.39, 0.29) is 12.3 Å². The summed E-state index contributed by atoms with van der Waals surface area (Å²) in [7, 11) is 4.34. The van der Waals surface area contributed by atoms with Gasteiger partial charge in [0.05, 0.1) is 17.6 Å². The fourth-order valence-corrected chi connectivity index (χ4v) is 3.72. The predicted octanol–water partition coefficient (Wildman–Crippen LogP) is 2.18. The molecule has 1 aromatic heterocycles. The first-order chi connectivity index (χ1) is 11.0. The van der Waals surface area contributed by atoms with Gasteiger partial charge >= 0.3 is 0 Å². The Morgan fingerprint density at radius 2 is 1.96 bits per heavy atom. The molecule has 0 saturated heterocycles. The first-order valence-electron chi connectivity index (χ1n) is 8.43. The Labute approximate surface area is 137 Å². The molecule has 0 aliphatic heterocycles. The monoisotopic (exact) mass is 314 g/mol. The van der Waals surface area contributed by atoms with Crippen LogP contribution in [0, 0.1) is 5.92 Å². The molecule has 23 heavy (non-hydrogen) atoms. The molecule has 0 radical (unpaired) electrons.